The van der Waals surface area contributed by atoms with Crippen molar-refractivity contribution in [2.75, 3.05) is 25.0 Å². The summed E-state index contributed by atoms with van der Waals surface area (Å²) in [6.07, 6.45) is 7.86. The van der Waals surface area contributed by atoms with Crippen molar-refractivity contribution in [3.63, 3.8) is 0 Å². The molecule has 7 nitrogen and oxygen atoms in total. The van der Waals surface area contributed by atoms with Crippen molar-refractivity contribution in [2.45, 2.75) is 62.3 Å². The van der Waals surface area contributed by atoms with Crippen molar-refractivity contribution in [1.29, 1.82) is 0 Å². The number of hydrogen-bond acceptors (Lipinski definition) is 5. The molecule has 0 saturated carbocycles. The summed E-state index contributed by atoms with van der Waals surface area (Å²) in [5, 5.41) is 2.90. The zero-order valence-electron chi connectivity index (χ0n) is 19.6. The van der Waals surface area contributed by atoms with Crippen LogP contribution in [0.25, 0.3) is 0 Å². The smallest absolute Gasteiger partial charge is 0.262 e. The number of carbonyl (C=O) groups is 1. The number of nitrogens with one attached hydrogen (secondary N) is 2. The fourth-order valence-electron chi connectivity index (χ4n) is 4.68. The summed E-state index contributed by atoms with van der Waals surface area (Å²) in [5.41, 5.74) is 1.76. The molecule has 1 amide bonds. The number of aliphatic imine (C=N–C) groups is 1. The standard InChI is InChI=1S/C26H34N4O3S/c31-26(20-30-17-8-6-13-23(30)18-21-10-3-1-4-11-21)28-22-12-9-14-24(19-22)34(32,33)29-25-15-5-2-7-16-27-25/h1,3-4,9-12,14,19,23H,2,5-8,13,15-18,20H2,(H,27,29)(H,28,31). The number of nitrogens with zero attached hydrogens (tertiary/aromatic N) is 2. The highest BCUT2D eigenvalue weighted by atomic mass is 32.2. The first kappa shape index (κ1) is 24.4. The first-order chi connectivity index (χ1) is 16.5. The highest BCUT2D eigenvalue weighted by Gasteiger charge is 2.25. The lowest BCUT2D eigenvalue weighted by Gasteiger charge is -2.35. The number of sulfonamides is 1. The number of likely N-dealkylation sites (tertiary alicyclic amines) is 1. The van der Waals surface area contributed by atoms with Gasteiger partial charge in [-0.3, -0.25) is 19.4 Å². The molecule has 2 N–H and O–H groups in total. The third-order valence-electron chi connectivity index (χ3n) is 6.46. The molecule has 34 heavy (non-hydrogen) atoms. The van der Waals surface area contributed by atoms with Crippen LogP contribution in [-0.4, -0.2) is 50.7 Å². The number of carbonyl (C=O) groups excluding carboxylic acids is 1. The Labute approximate surface area is 202 Å². The van der Waals surface area contributed by atoms with E-state index >= 15 is 0 Å². The first-order valence-corrected chi connectivity index (χ1v) is 13.7. The predicted molar refractivity (Wildman–Crippen MR) is 136 cm³/mol. The Morgan fingerprint density at radius 2 is 1.85 bits per heavy atom. The Kier molecular flexibility index (Phi) is 8.34. The molecule has 4 rings (SSSR count). The summed E-state index contributed by atoms with van der Waals surface area (Å²) in [6.45, 7) is 1.84. The predicted octanol–water partition coefficient (Wildman–Crippen LogP) is 3.97. The first-order valence-electron chi connectivity index (χ1n) is 12.2. The second-order valence-electron chi connectivity index (χ2n) is 9.13. The number of rotatable bonds is 7. The fourth-order valence-corrected chi connectivity index (χ4v) is 5.82. The zero-order valence-corrected chi connectivity index (χ0v) is 20.4. The SMILES string of the molecule is O=C(CN1CCCCC1Cc1ccccc1)Nc1cccc(S(=O)(=O)NC2=NCCCCC2)c1. The van der Waals surface area contributed by atoms with Crippen molar-refractivity contribution in [1.82, 2.24) is 9.62 Å². The van der Waals surface area contributed by atoms with E-state index in [1.54, 1.807) is 12.1 Å². The number of benzene rings is 2. The molecule has 182 valence electrons. The molecule has 1 fully saturated rings. The van der Waals surface area contributed by atoms with Crippen LogP contribution in [-0.2, 0) is 21.2 Å². The highest BCUT2D eigenvalue weighted by Crippen LogP contribution is 2.21. The van der Waals surface area contributed by atoms with E-state index < -0.39 is 10.0 Å². The molecule has 2 aromatic rings. The van der Waals surface area contributed by atoms with Gasteiger partial charge in [-0.1, -0.05) is 49.2 Å². The van der Waals surface area contributed by atoms with Crippen LogP contribution in [0.3, 0.4) is 0 Å². The Bertz CT molecular complexity index is 1100. The van der Waals surface area contributed by atoms with Gasteiger partial charge < -0.3 is 5.32 Å². The van der Waals surface area contributed by atoms with Gasteiger partial charge >= 0.3 is 0 Å². The molecule has 2 heterocycles. The molecule has 1 saturated heterocycles. The van der Waals surface area contributed by atoms with Crippen LogP contribution in [0.2, 0.25) is 0 Å². The van der Waals surface area contributed by atoms with Crippen LogP contribution < -0.4 is 10.0 Å². The molecular weight excluding hydrogens is 448 g/mol. The summed E-state index contributed by atoms with van der Waals surface area (Å²) in [7, 11) is -3.75. The van der Waals surface area contributed by atoms with Gasteiger partial charge in [0.1, 0.15) is 5.84 Å². The molecule has 2 aliphatic heterocycles. The van der Waals surface area contributed by atoms with E-state index in [0.717, 1.165) is 45.1 Å². The molecule has 0 bridgehead atoms. The van der Waals surface area contributed by atoms with Crippen LogP contribution >= 0.6 is 0 Å². The molecule has 1 unspecified atom stereocenters. The van der Waals surface area contributed by atoms with Crippen molar-refractivity contribution >= 4 is 27.5 Å². The van der Waals surface area contributed by atoms with Gasteiger partial charge in [0, 0.05) is 24.7 Å². The summed E-state index contributed by atoms with van der Waals surface area (Å²) < 4.78 is 28.4. The average Bonchev–Trinajstić information content (AvgIpc) is 3.09. The minimum atomic E-state index is -3.75. The monoisotopic (exact) mass is 482 g/mol. The number of amidine groups is 1. The molecule has 0 radical (unpaired) electrons. The number of hydrogen-bond donors (Lipinski definition) is 2. The minimum Gasteiger partial charge on any atom is -0.325 e. The van der Waals surface area contributed by atoms with Crippen molar-refractivity contribution < 1.29 is 13.2 Å². The minimum absolute atomic E-state index is 0.122. The molecular formula is C26H34N4O3S. The second kappa shape index (κ2) is 11.6. The topological polar surface area (TPSA) is 90.9 Å². The number of anilines is 1. The van der Waals surface area contributed by atoms with Gasteiger partial charge in [0.15, 0.2) is 0 Å². The average molecular weight is 483 g/mol. The molecule has 0 aromatic heterocycles. The summed E-state index contributed by atoms with van der Waals surface area (Å²) in [5.74, 6) is 0.386. The van der Waals surface area contributed by atoms with Crippen LogP contribution in [0.1, 0.15) is 50.5 Å². The summed E-state index contributed by atoms with van der Waals surface area (Å²) >= 11 is 0. The maximum absolute atomic E-state index is 12.9. The van der Waals surface area contributed by atoms with E-state index in [2.05, 4.69) is 32.1 Å². The van der Waals surface area contributed by atoms with Crippen LogP contribution in [0.15, 0.2) is 64.5 Å². The normalized spacial score (nSPS) is 19.6. The fraction of sp³-hybridized carbons (Fsp3) is 0.462. The maximum atomic E-state index is 12.9. The van der Waals surface area contributed by atoms with Gasteiger partial charge in [-0.05, 0) is 62.4 Å². The van der Waals surface area contributed by atoms with Crippen molar-refractivity contribution in [3.05, 3.63) is 60.2 Å². The van der Waals surface area contributed by atoms with Gasteiger partial charge in [0.2, 0.25) is 5.91 Å². The molecule has 8 heteroatoms. The van der Waals surface area contributed by atoms with Gasteiger partial charge in [-0.15, -0.1) is 0 Å². The quantitative estimate of drug-likeness (QED) is 0.625. The van der Waals surface area contributed by atoms with Crippen LogP contribution in [0.5, 0.6) is 0 Å². The molecule has 2 aliphatic rings. The zero-order chi connectivity index (χ0) is 23.8. The lowest BCUT2D eigenvalue weighted by Crippen LogP contribution is -2.45. The van der Waals surface area contributed by atoms with Gasteiger partial charge in [0.05, 0.1) is 11.4 Å². The van der Waals surface area contributed by atoms with Crippen molar-refractivity contribution in [2.24, 2.45) is 4.99 Å². The maximum Gasteiger partial charge on any atom is 0.262 e. The Hall–Kier alpha value is -2.71. The van der Waals surface area contributed by atoms with E-state index in [9.17, 15) is 13.2 Å². The second-order valence-corrected chi connectivity index (χ2v) is 10.8. The molecule has 0 spiro atoms. The number of piperidine rings is 1. The molecule has 1 atom stereocenters. The Balaban J connectivity index is 1.38. The van der Waals surface area contributed by atoms with E-state index in [1.807, 2.05) is 18.2 Å². The number of amides is 1. The van der Waals surface area contributed by atoms with Gasteiger partial charge in [0.25, 0.3) is 10.0 Å². The van der Waals surface area contributed by atoms with E-state index in [1.165, 1.54) is 24.1 Å². The molecule has 2 aromatic carbocycles. The van der Waals surface area contributed by atoms with Gasteiger partial charge in [-0.25, -0.2) is 8.42 Å². The Morgan fingerprint density at radius 1 is 1.00 bits per heavy atom. The Morgan fingerprint density at radius 3 is 2.71 bits per heavy atom. The third kappa shape index (κ3) is 6.90. The van der Waals surface area contributed by atoms with E-state index in [-0.39, 0.29) is 10.8 Å². The van der Waals surface area contributed by atoms with Gasteiger partial charge in [-0.2, -0.15) is 0 Å². The summed E-state index contributed by atoms with van der Waals surface area (Å²) in [6, 6.07) is 17.1. The highest BCUT2D eigenvalue weighted by molar-refractivity contribution is 7.90. The van der Waals surface area contributed by atoms with E-state index in [0.29, 0.717) is 37.1 Å². The van der Waals surface area contributed by atoms with Crippen LogP contribution in [0.4, 0.5) is 5.69 Å². The molecule has 0 aliphatic carbocycles. The van der Waals surface area contributed by atoms with Crippen molar-refractivity contribution in [3.8, 4) is 0 Å². The third-order valence-corrected chi connectivity index (χ3v) is 7.84. The largest absolute Gasteiger partial charge is 0.325 e. The van der Waals surface area contributed by atoms with Crippen LogP contribution in [0, 0.1) is 0 Å². The summed E-state index contributed by atoms with van der Waals surface area (Å²) in [4.78, 5) is 19.6. The lowest BCUT2D eigenvalue weighted by molar-refractivity contribution is -0.118. The lowest BCUT2D eigenvalue weighted by atomic mass is 9.95. The van der Waals surface area contributed by atoms with E-state index in [4.69, 9.17) is 0 Å².